The predicted octanol–water partition coefficient (Wildman–Crippen LogP) is 1.51. The molecule has 0 saturated carbocycles. The van der Waals surface area contributed by atoms with Crippen molar-refractivity contribution in [1.29, 1.82) is 0 Å². The molecule has 6 nitrogen and oxygen atoms in total. The minimum Gasteiger partial charge on any atom is -0.355 e. The lowest BCUT2D eigenvalue weighted by Crippen LogP contribution is -2.44. The van der Waals surface area contributed by atoms with E-state index in [4.69, 9.17) is 0 Å². The van der Waals surface area contributed by atoms with E-state index in [-0.39, 0.29) is 37.3 Å². The van der Waals surface area contributed by atoms with Gasteiger partial charge in [0.15, 0.2) is 0 Å². The first-order valence-corrected chi connectivity index (χ1v) is 9.74. The lowest BCUT2D eigenvalue weighted by molar-refractivity contribution is -0.126. The predicted molar refractivity (Wildman–Crippen MR) is 96.6 cm³/mol. The summed E-state index contributed by atoms with van der Waals surface area (Å²) < 4.78 is 53.1. The summed E-state index contributed by atoms with van der Waals surface area (Å²) in [6, 6.07) is 2.36. The van der Waals surface area contributed by atoms with Gasteiger partial charge in [0.2, 0.25) is 15.9 Å². The molecule has 1 aromatic rings. The molecule has 1 aromatic carbocycles. The molecule has 0 spiro atoms. The maximum Gasteiger partial charge on any atom is 0.246 e. The van der Waals surface area contributed by atoms with E-state index in [1.807, 2.05) is 6.92 Å². The summed E-state index contributed by atoms with van der Waals surface area (Å²) in [5.41, 5.74) is 0. The summed E-state index contributed by atoms with van der Waals surface area (Å²) in [4.78, 5) is 11.4. The van der Waals surface area contributed by atoms with E-state index in [1.165, 1.54) is 0 Å². The van der Waals surface area contributed by atoms with Gasteiger partial charge in [-0.2, -0.15) is 4.31 Å². The Morgan fingerprint density at radius 2 is 1.88 bits per heavy atom. The molecule has 26 heavy (non-hydrogen) atoms. The van der Waals surface area contributed by atoms with Crippen LogP contribution in [0.3, 0.4) is 0 Å². The van der Waals surface area contributed by atoms with Crippen LogP contribution in [0.2, 0.25) is 0 Å². The maximum absolute atomic E-state index is 13.8. The summed E-state index contributed by atoms with van der Waals surface area (Å²) in [6.07, 6.45) is 0.701. The number of hydrogen-bond donors (Lipinski definition) is 2. The van der Waals surface area contributed by atoms with Crippen LogP contribution in [0.25, 0.3) is 0 Å². The number of likely N-dealkylation sites (N-methyl/N-ethyl adjacent to an activating group) is 1. The van der Waals surface area contributed by atoms with Crippen molar-refractivity contribution in [2.75, 3.05) is 32.7 Å². The number of amides is 1. The normalized spacial score (nSPS) is 16.1. The zero-order valence-corrected chi connectivity index (χ0v) is 16.1. The Bertz CT molecular complexity index is 711. The van der Waals surface area contributed by atoms with Crippen molar-refractivity contribution in [3.63, 3.8) is 0 Å². The fraction of sp³-hybridized carbons (Fsp3) is 0.562. The van der Waals surface area contributed by atoms with Crippen molar-refractivity contribution in [3.05, 3.63) is 29.8 Å². The number of nitrogens with zero attached hydrogens (tertiary/aromatic N) is 1. The Hall–Kier alpha value is -1.29. The molecule has 2 N–H and O–H groups in total. The molecule has 1 aliphatic heterocycles. The molecule has 10 heteroatoms. The van der Waals surface area contributed by atoms with Gasteiger partial charge in [0.05, 0.1) is 0 Å². The van der Waals surface area contributed by atoms with Crippen molar-refractivity contribution in [2.45, 2.75) is 24.7 Å². The van der Waals surface area contributed by atoms with E-state index >= 15 is 0 Å². The second-order valence-corrected chi connectivity index (χ2v) is 7.80. The van der Waals surface area contributed by atoms with Crippen molar-refractivity contribution in [3.8, 4) is 0 Å². The molecule has 0 aromatic heterocycles. The van der Waals surface area contributed by atoms with Gasteiger partial charge < -0.3 is 10.6 Å². The smallest absolute Gasteiger partial charge is 0.246 e. The van der Waals surface area contributed by atoms with Crippen LogP contribution < -0.4 is 10.6 Å². The maximum atomic E-state index is 13.8. The molecule has 1 saturated heterocycles. The molecular formula is C16H24ClF2N3O3S. The highest BCUT2D eigenvalue weighted by atomic mass is 35.5. The minimum atomic E-state index is -4.11. The van der Waals surface area contributed by atoms with E-state index in [0.717, 1.165) is 23.0 Å². The molecule has 0 bridgehead atoms. The van der Waals surface area contributed by atoms with Gasteiger partial charge in [-0.3, -0.25) is 4.79 Å². The topological polar surface area (TPSA) is 78.5 Å². The number of sulfonamides is 1. The van der Waals surface area contributed by atoms with Crippen LogP contribution in [0, 0.1) is 17.6 Å². The number of carbonyl (C=O) groups excluding carboxylic acids is 1. The standard InChI is InChI=1S/C16H23F2N3O3S.ClH/c1-2-19-7-8-20-16(22)12-5-9-21(10-6-12)25(23,24)15-11-13(17)3-4-14(15)18;/h3-4,11-12,19H,2,5-10H2,1H3,(H,20,22);1H. The Balaban J connectivity index is 0.00000338. The first kappa shape index (κ1) is 22.8. The number of rotatable bonds is 7. The molecule has 0 unspecified atom stereocenters. The van der Waals surface area contributed by atoms with Crippen molar-refractivity contribution in [1.82, 2.24) is 14.9 Å². The number of hydrogen-bond acceptors (Lipinski definition) is 4. The van der Waals surface area contributed by atoms with Gasteiger partial charge in [-0.15, -0.1) is 12.4 Å². The fourth-order valence-electron chi connectivity index (χ4n) is 2.77. The Morgan fingerprint density at radius 1 is 1.23 bits per heavy atom. The van der Waals surface area contributed by atoms with Crippen LogP contribution in [0.5, 0.6) is 0 Å². The quantitative estimate of drug-likeness (QED) is 0.667. The van der Waals surface area contributed by atoms with Crippen LogP contribution in [-0.2, 0) is 14.8 Å². The molecule has 1 fully saturated rings. The van der Waals surface area contributed by atoms with Crippen molar-refractivity contribution < 1.29 is 22.0 Å². The van der Waals surface area contributed by atoms with E-state index < -0.39 is 26.6 Å². The SMILES string of the molecule is CCNCCNC(=O)C1CCN(S(=O)(=O)c2cc(F)ccc2F)CC1.Cl. The van der Waals surface area contributed by atoms with E-state index in [2.05, 4.69) is 10.6 Å². The van der Waals surface area contributed by atoms with Gasteiger partial charge in [0, 0.05) is 32.1 Å². The van der Waals surface area contributed by atoms with E-state index in [9.17, 15) is 22.0 Å². The lowest BCUT2D eigenvalue weighted by atomic mass is 9.97. The largest absolute Gasteiger partial charge is 0.355 e. The van der Waals surface area contributed by atoms with E-state index in [1.54, 1.807) is 0 Å². The Kier molecular flexibility index (Phi) is 8.88. The Labute approximate surface area is 158 Å². The third-order valence-corrected chi connectivity index (χ3v) is 6.10. The average molecular weight is 412 g/mol. The zero-order valence-electron chi connectivity index (χ0n) is 14.5. The van der Waals surface area contributed by atoms with Crippen LogP contribution >= 0.6 is 12.4 Å². The molecule has 0 radical (unpaired) electrons. The highest BCUT2D eigenvalue weighted by Crippen LogP contribution is 2.26. The zero-order chi connectivity index (χ0) is 18.4. The van der Waals surface area contributed by atoms with Gasteiger partial charge in [0.25, 0.3) is 0 Å². The van der Waals surface area contributed by atoms with Gasteiger partial charge in [-0.1, -0.05) is 6.92 Å². The third-order valence-electron chi connectivity index (χ3n) is 4.19. The highest BCUT2D eigenvalue weighted by Gasteiger charge is 2.33. The van der Waals surface area contributed by atoms with Crippen LogP contribution in [0.15, 0.2) is 23.1 Å². The summed E-state index contributed by atoms with van der Waals surface area (Å²) in [6.45, 7) is 4.18. The number of nitrogens with one attached hydrogen (secondary N) is 2. The Morgan fingerprint density at radius 3 is 2.50 bits per heavy atom. The molecule has 0 atom stereocenters. The van der Waals surface area contributed by atoms with Crippen LogP contribution in [-0.4, -0.2) is 51.4 Å². The van der Waals surface area contributed by atoms with Crippen molar-refractivity contribution in [2.24, 2.45) is 5.92 Å². The molecule has 0 aliphatic carbocycles. The molecule has 148 valence electrons. The van der Waals surface area contributed by atoms with E-state index in [0.29, 0.717) is 32.0 Å². The highest BCUT2D eigenvalue weighted by molar-refractivity contribution is 7.89. The van der Waals surface area contributed by atoms with Gasteiger partial charge in [-0.25, -0.2) is 17.2 Å². The molecule has 2 rings (SSSR count). The van der Waals surface area contributed by atoms with Crippen LogP contribution in [0.4, 0.5) is 8.78 Å². The molecule has 1 amide bonds. The van der Waals surface area contributed by atoms with Crippen molar-refractivity contribution >= 4 is 28.3 Å². The number of piperidine rings is 1. The first-order valence-electron chi connectivity index (χ1n) is 8.30. The fourth-order valence-corrected chi connectivity index (χ4v) is 4.31. The summed E-state index contributed by atoms with van der Waals surface area (Å²) in [7, 11) is -4.11. The molecule has 1 heterocycles. The summed E-state index contributed by atoms with van der Waals surface area (Å²) >= 11 is 0. The molecular weight excluding hydrogens is 388 g/mol. The summed E-state index contributed by atoms with van der Waals surface area (Å²) in [5.74, 6) is -2.17. The average Bonchev–Trinajstić information content (AvgIpc) is 2.60. The number of carbonyl (C=O) groups is 1. The van der Waals surface area contributed by atoms with Crippen LogP contribution in [0.1, 0.15) is 19.8 Å². The van der Waals surface area contributed by atoms with Gasteiger partial charge in [0.1, 0.15) is 16.5 Å². The molecule has 1 aliphatic rings. The number of halogens is 3. The van der Waals surface area contributed by atoms with Gasteiger partial charge >= 0.3 is 0 Å². The monoisotopic (exact) mass is 411 g/mol. The minimum absolute atomic E-state index is 0. The number of benzene rings is 1. The van der Waals surface area contributed by atoms with Gasteiger partial charge in [-0.05, 0) is 37.6 Å². The second kappa shape index (κ2) is 10.1. The third kappa shape index (κ3) is 5.60. The first-order chi connectivity index (χ1) is 11.9. The summed E-state index contributed by atoms with van der Waals surface area (Å²) in [5, 5.41) is 5.90. The second-order valence-electron chi connectivity index (χ2n) is 5.90. The lowest BCUT2D eigenvalue weighted by Gasteiger charge is -2.30.